The molecule has 6 heteroatoms. The SMILES string of the molecule is CC(=O)Oc1ccccc1C(=O)C(O)C(O)CO. The fourth-order valence-electron chi connectivity index (χ4n) is 1.35. The predicted octanol–water partition coefficient (Wildman–Crippen LogP) is -0.491. The molecule has 2 unspecified atom stereocenters. The maximum Gasteiger partial charge on any atom is 0.308 e. The number of esters is 1. The van der Waals surface area contributed by atoms with Crippen molar-refractivity contribution in [1.29, 1.82) is 0 Å². The number of hydrogen-bond acceptors (Lipinski definition) is 6. The molecule has 0 fully saturated rings. The lowest BCUT2D eigenvalue weighted by atomic mass is 10.0. The monoisotopic (exact) mass is 254 g/mol. The highest BCUT2D eigenvalue weighted by Crippen LogP contribution is 2.20. The van der Waals surface area contributed by atoms with Crippen molar-refractivity contribution in [2.45, 2.75) is 19.1 Å². The highest BCUT2D eigenvalue weighted by atomic mass is 16.5. The van der Waals surface area contributed by atoms with E-state index in [9.17, 15) is 19.8 Å². The van der Waals surface area contributed by atoms with Crippen LogP contribution in [0.25, 0.3) is 0 Å². The number of benzene rings is 1. The Bertz CT molecular complexity index is 442. The molecule has 0 radical (unpaired) electrons. The summed E-state index contributed by atoms with van der Waals surface area (Å²) >= 11 is 0. The minimum atomic E-state index is -1.77. The van der Waals surface area contributed by atoms with Gasteiger partial charge in [0.15, 0.2) is 5.78 Å². The van der Waals surface area contributed by atoms with Crippen LogP contribution in [-0.4, -0.2) is 45.9 Å². The van der Waals surface area contributed by atoms with Crippen LogP contribution in [-0.2, 0) is 4.79 Å². The zero-order valence-corrected chi connectivity index (χ0v) is 9.74. The first-order valence-electron chi connectivity index (χ1n) is 5.26. The van der Waals surface area contributed by atoms with E-state index >= 15 is 0 Å². The normalized spacial score (nSPS) is 13.8. The summed E-state index contributed by atoms with van der Waals surface area (Å²) in [5.74, 6) is -1.43. The van der Waals surface area contributed by atoms with Crippen molar-refractivity contribution in [1.82, 2.24) is 0 Å². The van der Waals surface area contributed by atoms with E-state index in [0.29, 0.717) is 0 Å². The molecule has 3 N–H and O–H groups in total. The van der Waals surface area contributed by atoms with Crippen LogP contribution >= 0.6 is 0 Å². The lowest BCUT2D eigenvalue weighted by Crippen LogP contribution is -2.36. The second-order valence-electron chi connectivity index (χ2n) is 3.65. The first kappa shape index (κ1) is 14.3. The van der Waals surface area contributed by atoms with E-state index in [2.05, 4.69) is 0 Å². The molecule has 0 aliphatic carbocycles. The summed E-state index contributed by atoms with van der Waals surface area (Å²) in [4.78, 5) is 22.7. The van der Waals surface area contributed by atoms with Crippen molar-refractivity contribution in [3.05, 3.63) is 29.8 Å². The summed E-state index contributed by atoms with van der Waals surface area (Å²) in [7, 11) is 0. The molecule has 98 valence electrons. The van der Waals surface area contributed by atoms with Crippen molar-refractivity contribution < 1.29 is 29.6 Å². The number of rotatable bonds is 5. The zero-order valence-electron chi connectivity index (χ0n) is 9.74. The Hall–Kier alpha value is -1.76. The van der Waals surface area contributed by atoms with Gasteiger partial charge in [0.1, 0.15) is 18.0 Å². The van der Waals surface area contributed by atoms with E-state index in [-0.39, 0.29) is 11.3 Å². The summed E-state index contributed by atoms with van der Waals surface area (Å²) < 4.78 is 4.82. The molecule has 0 aliphatic rings. The highest BCUT2D eigenvalue weighted by molar-refractivity contribution is 6.02. The molecule has 2 atom stereocenters. The fourth-order valence-corrected chi connectivity index (χ4v) is 1.35. The molecule has 0 bridgehead atoms. The standard InChI is InChI=1S/C12H14O6/c1-7(14)18-10-5-3-2-4-8(10)11(16)12(17)9(15)6-13/h2-5,9,12-13,15,17H,6H2,1H3. The summed E-state index contributed by atoms with van der Waals surface area (Å²) in [5.41, 5.74) is -0.0345. The van der Waals surface area contributed by atoms with Gasteiger partial charge < -0.3 is 20.1 Å². The first-order chi connectivity index (χ1) is 8.47. The van der Waals surface area contributed by atoms with E-state index in [0.717, 1.165) is 0 Å². The van der Waals surface area contributed by atoms with Gasteiger partial charge in [0.25, 0.3) is 0 Å². The zero-order chi connectivity index (χ0) is 13.7. The number of hydrogen-bond donors (Lipinski definition) is 3. The van der Waals surface area contributed by atoms with Crippen LogP contribution in [0.1, 0.15) is 17.3 Å². The van der Waals surface area contributed by atoms with Gasteiger partial charge in [-0.2, -0.15) is 0 Å². The Morgan fingerprint density at radius 3 is 2.44 bits per heavy atom. The predicted molar refractivity (Wildman–Crippen MR) is 61.2 cm³/mol. The van der Waals surface area contributed by atoms with Gasteiger partial charge in [-0.15, -0.1) is 0 Å². The van der Waals surface area contributed by atoms with Gasteiger partial charge in [0, 0.05) is 6.92 Å². The molecule has 6 nitrogen and oxygen atoms in total. The number of ketones is 1. The number of ether oxygens (including phenoxy) is 1. The van der Waals surface area contributed by atoms with Gasteiger partial charge >= 0.3 is 5.97 Å². The molecule has 0 aromatic heterocycles. The molecule has 0 heterocycles. The first-order valence-corrected chi connectivity index (χ1v) is 5.26. The number of aliphatic hydroxyl groups is 3. The van der Waals surface area contributed by atoms with Crippen molar-refractivity contribution in [2.24, 2.45) is 0 Å². The van der Waals surface area contributed by atoms with Crippen LogP contribution in [0.4, 0.5) is 0 Å². The lowest BCUT2D eigenvalue weighted by Gasteiger charge is -2.15. The molecule has 1 rings (SSSR count). The van der Waals surface area contributed by atoms with Crippen LogP contribution < -0.4 is 4.74 Å². The van der Waals surface area contributed by atoms with E-state index in [1.165, 1.54) is 25.1 Å². The molecular formula is C12H14O6. The van der Waals surface area contributed by atoms with Crippen molar-refractivity contribution in [3.8, 4) is 5.75 Å². The Kier molecular flexibility index (Phi) is 4.96. The molecule has 18 heavy (non-hydrogen) atoms. The maximum atomic E-state index is 11.8. The molecule has 0 saturated heterocycles. The third-order valence-corrected chi connectivity index (χ3v) is 2.23. The fraction of sp³-hybridized carbons (Fsp3) is 0.333. The summed E-state index contributed by atoms with van der Waals surface area (Å²) in [6.45, 7) is 0.433. The van der Waals surface area contributed by atoms with Crippen LogP contribution in [0.5, 0.6) is 5.75 Å². The second kappa shape index (κ2) is 6.25. The van der Waals surface area contributed by atoms with Crippen molar-refractivity contribution >= 4 is 11.8 Å². The largest absolute Gasteiger partial charge is 0.426 e. The van der Waals surface area contributed by atoms with Crippen LogP contribution in [0, 0.1) is 0 Å². The maximum absolute atomic E-state index is 11.8. The van der Waals surface area contributed by atoms with Crippen molar-refractivity contribution in [3.63, 3.8) is 0 Å². The Morgan fingerprint density at radius 1 is 1.28 bits per heavy atom. The van der Waals surface area contributed by atoms with E-state index in [4.69, 9.17) is 9.84 Å². The average Bonchev–Trinajstić information content (AvgIpc) is 2.36. The topological polar surface area (TPSA) is 104 Å². The van der Waals surface area contributed by atoms with Gasteiger partial charge in [-0.3, -0.25) is 9.59 Å². The quantitative estimate of drug-likeness (QED) is 0.372. The Balaban J connectivity index is 3.01. The smallest absolute Gasteiger partial charge is 0.308 e. The molecule has 0 amide bonds. The van der Waals surface area contributed by atoms with E-state index in [1.807, 2.05) is 0 Å². The molecule has 1 aromatic rings. The van der Waals surface area contributed by atoms with Crippen LogP contribution in [0.3, 0.4) is 0 Å². The summed E-state index contributed by atoms with van der Waals surface area (Å²) in [5, 5.41) is 27.4. The lowest BCUT2D eigenvalue weighted by molar-refractivity contribution is -0.131. The van der Waals surface area contributed by atoms with Gasteiger partial charge in [-0.05, 0) is 12.1 Å². The number of aliphatic hydroxyl groups excluding tert-OH is 3. The molecule has 1 aromatic carbocycles. The van der Waals surface area contributed by atoms with Crippen LogP contribution in [0.2, 0.25) is 0 Å². The number of Topliss-reactive ketones (excluding diaryl/α,β-unsaturated/α-hetero) is 1. The number of carbonyl (C=O) groups is 2. The molecule has 0 aliphatic heterocycles. The Labute approximate surface area is 103 Å². The minimum Gasteiger partial charge on any atom is -0.426 e. The summed E-state index contributed by atoms with van der Waals surface area (Å²) in [6, 6.07) is 5.84. The van der Waals surface area contributed by atoms with Gasteiger partial charge in [0.2, 0.25) is 0 Å². The van der Waals surface area contributed by atoms with Gasteiger partial charge in [0.05, 0.1) is 12.2 Å². The van der Waals surface area contributed by atoms with E-state index < -0.39 is 30.6 Å². The second-order valence-corrected chi connectivity index (χ2v) is 3.65. The third-order valence-electron chi connectivity index (χ3n) is 2.23. The van der Waals surface area contributed by atoms with Crippen LogP contribution in [0.15, 0.2) is 24.3 Å². The van der Waals surface area contributed by atoms with Crippen molar-refractivity contribution in [2.75, 3.05) is 6.61 Å². The van der Waals surface area contributed by atoms with Gasteiger partial charge in [-0.1, -0.05) is 12.1 Å². The number of carbonyl (C=O) groups excluding carboxylic acids is 2. The molecule has 0 spiro atoms. The van der Waals surface area contributed by atoms with E-state index in [1.54, 1.807) is 6.07 Å². The summed E-state index contributed by atoms with van der Waals surface area (Å²) in [6.07, 6.45) is -3.35. The Morgan fingerprint density at radius 2 is 1.89 bits per heavy atom. The highest BCUT2D eigenvalue weighted by Gasteiger charge is 2.27. The average molecular weight is 254 g/mol. The minimum absolute atomic E-state index is 0.000750. The third kappa shape index (κ3) is 3.36. The molecule has 0 saturated carbocycles. The molecular weight excluding hydrogens is 240 g/mol. The van der Waals surface area contributed by atoms with Gasteiger partial charge in [-0.25, -0.2) is 0 Å². The number of para-hydroxylation sites is 1.